The summed E-state index contributed by atoms with van der Waals surface area (Å²) in [6.45, 7) is 5.59. The van der Waals surface area contributed by atoms with Gasteiger partial charge in [-0.15, -0.1) is 5.10 Å². The second kappa shape index (κ2) is 5.05. The zero-order valence-corrected chi connectivity index (χ0v) is 11.0. The minimum Gasteiger partial charge on any atom is -0.326 e. The van der Waals surface area contributed by atoms with E-state index in [0.29, 0.717) is 17.1 Å². The van der Waals surface area contributed by atoms with Crippen molar-refractivity contribution in [3.63, 3.8) is 0 Å². The molecule has 0 aliphatic rings. The maximum atomic E-state index is 12.0. The van der Waals surface area contributed by atoms with E-state index in [1.807, 2.05) is 13.8 Å². The van der Waals surface area contributed by atoms with E-state index in [4.69, 9.17) is 0 Å². The first-order valence-electron chi connectivity index (χ1n) is 5.90. The molecule has 19 heavy (non-hydrogen) atoms. The van der Waals surface area contributed by atoms with Crippen LogP contribution in [0.15, 0.2) is 23.1 Å². The first kappa shape index (κ1) is 13.0. The van der Waals surface area contributed by atoms with Gasteiger partial charge in [0, 0.05) is 17.3 Å². The van der Waals surface area contributed by atoms with Crippen molar-refractivity contribution in [2.24, 2.45) is 0 Å². The van der Waals surface area contributed by atoms with Crippen LogP contribution in [-0.2, 0) is 0 Å². The molecule has 7 nitrogen and oxygen atoms in total. The Labute approximate surface area is 109 Å². The van der Waals surface area contributed by atoms with Crippen molar-refractivity contribution in [2.75, 3.05) is 5.32 Å². The van der Waals surface area contributed by atoms with Crippen molar-refractivity contribution in [1.29, 1.82) is 0 Å². The van der Waals surface area contributed by atoms with E-state index >= 15 is 0 Å². The van der Waals surface area contributed by atoms with Crippen molar-refractivity contribution < 1.29 is 4.79 Å². The largest absolute Gasteiger partial charge is 0.326 e. The minimum atomic E-state index is -0.384. The van der Waals surface area contributed by atoms with Crippen molar-refractivity contribution in [3.05, 3.63) is 39.9 Å². The van der Waals surface area contributed by atoms with Crippen molar-refractivity contribution in [2.45, 2.75) is 26.8 Å². The summed E-state index contributed by atoms with van der Waals surface area (Å²) in [4.78, 5) is 27.3. The molecule has 2 heterocycles. The van der Waals surface area contributed by atoms with Gasteiger partial charge in [-0.2, -0.15) is 9.90 Å². The number of hydrogen-bond acceptors (Lipinski definition) is 4. The molecule has 2 aromatic heterocycles. The third-order valence-corrected chi connectivity index (χ3v) is 2.45. The normalized spacial score (nSPS) is 10.7. The van der Waals surface area contributed by atoms with Crippen LogP contribution in [0, 0.1) is 6.92 Å². The van der Waals surface area contributed by atoms with Gasteiger partial charge >= 0.3 is 0 Å². The Morgan fingerprint density at radius 3 is 2.74 bits per heavy atom. The number of pyridine rings is 1. The Kier molecular flexibility index (Phi) is 3.46. The Bertz CT molecular complexity index is 656. The Hall–Kier alpha value is -2.44. The number of rotatable bonds is 3. The van der Waals surface area contributed by atoms with E-state index in [1.54, 1.807) is 13.0 Å². The molecule has 0 saturated heterocycles. The lowest BCUT2D eigenvalue weighted by Gasteiger charge is -2.03. The molecule has 0 aromatic carbocycles. The standard InChI is InChI=1S/C12H15N5O2/c1-7(2)17-13-6-10(16-17)15-12(19)9-4-8(3)14-11(18)5-9/h4-7H,1-3H3,(H,14,18)(H,15,16,19). The number of amides is 1. The third kappa shape index (κ3) is 3.06. The number of aryl methyl sites for hydroxylation is 1. The molecule has 0 aliphatic heterocycles. The van der Waals surface area contributed by atoms with E-state index in [1.165, 1.54) is 17.1 Å². The Morgan fingerprint density at radius 2 is 2.16 bits per heavy atom. The summed E-state index contributed by atoms with van der Waals surface area (Å²) in [6.07, 6.45) is 1.47. The molecule has 1 amide bonds. The maximum Gasteiger partial charge on any atom is 0.257 e. The Morgan fingerprint density at radius 1 is 1.42 bits per heavy atom. The highest BCUT2D eigenvalue weighted by molar-refractivity contribution is 6.03. The van der Waals surface area contributed by atoms with Gasteiger partial charge in [-0.3, -0.25) is 9.59 Å². The topological polar surface area (TPSA) is 92.7 Å². The molecule has 0 bridgehead atoms. The lowest BCUT2D eigenvalue weighted by Crippen LogP contribution is -2.17. The highest BCUT2D eigenvalue weighted by Gasteiger charge is 2.10. The summed E-state index contributed by atoms with van der Waals surface area (Å²) in [7, 11) is 0. The second-order valence-corrected chi connectivity index (χ2v) is 4.51. The fourth-order valence-corrected chi connectivity index (χ4v) is 1.58. The number of aromatic nitrogens is 4. The van der Waals surface area contributed by atoms with Gasteiger partial charge in [-0.05, 0) is 26.8 Å². The predicted molar refractivity (Wildman–Crippen MR) is 70.2 cm³/mol. The van der Waals surface area contributed by atoms with Gasteiger partial charge in [-0.1, -0.05) is 0 Å². The zero-order chi connectivity index (χ0) is 14.0. The summed E-state index contributed by atoms with van der Waals surface area (Å²) >= 11 is 0. The number of nitrogens with one attached hydrogen (secondary N) is 2. The van der Waals surface area contributed by atoms with Crippen LogP contribution in [0.4, 0.5) is 5.82 Å². The molecule has 2 rings (SSSR count). The molecule has 2 N–H and O–H groups in total. The van der Waals surface area contributed by atoms with Crippen LogP contribution in [0.3, 0.4) is 0 Å². The molecule has 2 aromatic rings. The summed E-state index contributed by atoms with van der Waals surface area (Å²) in [5.41, 5.74) is 0.611. The Balaban J connectivity index is 2.18. The molecular formula is C12H15N5O2. The number of aromatic amines is 1. The number of H-pyrrole nitrogens is 1. The first-order chi connectivity index (χ1) is 8.95. The average Bonchev–Trinajstić information content (AvgIpc) is 2.76. The van der Waals surface area contributed by atoms with Crippen molar-refractivity contribution in [3.8, 4) is 0 Å². The second-order valence-electron chi connectivity index (χ2n) is 4.51. The highest BCUT2D eigenvalue weighted by atomic mass is 16.2. The van der Waals surface area contributed by atoms with Crippen LogP contribution in [0.5, 0.6) is 0 Å². The van der Waals surface area contributed by atoms with Crippen LogP contribution in [-0.4, -0.2) is 25.9 Å². The van der Waals surface area contributed by atoms with Crippen LogP contribution < -0.4 is 10.9 Å². The lowest BCUT2D eigenvalue weighted by atomic mass is 10.2. The fourth-order valence-electron chi connectivity index (χ4n) is 1.58. The molecule has 100 valence electrons. The highest BCUT2D eigenvalue weighted by Crippen LogP contribution is 2.07. The van der Waals surface area contributed by atoms with Gasteiger partial charge in [0.05, 0.1) is 12.2 Å². The van der Waals surface area contributed by atoms with Gasteiger partial charge in [0.25, 0.3) is 5.91 Å². The van der Waals surface area contributed by atoms with E-state index in [0.717, 1.165) is 0 Å². The number of anilines is 1. The summed E-state index contributed by atoms with van der Waals surface area (Å²) in [5.74, 6) is -0.0263. The van der Waals surface area contributed by atoms with E-state index < -0.39 is 0 Å². The molecule has 0 unspecified atom stereocenters. The average molecular weight is 261 g/mol. The molecule has 0 aliphatic carbocycles. The molecule has 0 spiro atoms. The number of carbonyl (C=O) groups excluding carboxylic acids is 1. The first-order valence-corrected chi connectivity index (χ1v) is 5.90. The summed E-state index contributed by atoms with van der Waals surface area (Å²) < 4.78 is 0. The monoisotopic (exact) mass is 261 g/mol. The van der Waals surface area contributed by atoms with Crippen molar-refractivity contribution >= 4 is 11.7 Å². The SMILES string of the molecule is Cc1cc(C(=O)Nc2cnn(C(C)C)n2)cc(=O)[nH]1. The van der Waals surface area contributed by atoms with Gasteiger partial charge in [-0.25, -0.2) is 0 Å². The van der Waals surface area contributed by atoms with E-state index in [2.05, 4.69) is 20.5 Å². The van der Waals surface area contributed by atoms with E-state index in [-0.39, 0.29) is 17.5 Å². The third-order valence-electron chi connectivity index (χ3n) is 2.45. The quantitative estimate of drug-likeness (QED) is 0.865. The van der Waals surface area contributed by atoms with Gasteiger partial charge in [0.2, 0.25) is 5.56 Å². The van der Waals surface area contributed by atoms with Crippen LogP contribution in [0.25, 0.3) is 0 Å². The van der Waals surface area contributed by atoms with Crippen LogP contribution >= 0.6 is 0 Å². The fraction of sp³-hybridized carbons (Fsp3) is 0.333. The van der Waals surface area contributed by atoms with Gasteiger partial charge in [0.15, 0.2) is 5.82 Å². The molecule has 0 fully saturated rings. The number of carbonyl (C=O) groups is 1. The summed E-state index contributed by atoms with van der Waals surface area (Å²) in [6, 6.07) is 2.96. The van der Waals surface area contributed by atoms with Crippen LogP contribution in [0.2, 0.25) is 0 Å². The summed E-state index contributed by atoms with van der Waals surface area (Å²) in [5, 5.41) is 10.7. The van der Waals surface area contributed by atoms with Crippen molar-refractivity contribution in [1.82, 2.24) is 20.0 Å². The van der Waals surface area contributed by atoms with E-state index in [9.17, 15) is 9.59 Å². The maximum absolute atomic E-state index is 12.0. The zero-order valence-electron chi connectivity index (χ0n) is 11.0. The molecule has 0 radical (unpaired) electrons. The molecule has 0 saturated carbocycles. The predicted octanol–water partition coefficient (Wildman–Crippen LogP) is 1.11. The molecule has 7 heteroatoms. The molecular weight excluding hydrogens is 246 g/mol. The smallest absolute Gasteiger partial charge is 0.257 e. The van der Waals surface area contributed by atoms with Crippen LogP contribution in [0.1, 0.15) is 35.9 Å². The molecule has 0 atom stereocenters. The van der Waals surface area contributed by atoms with Gasteiger partial charge in [0.1, 0.15) is 0 Å². The van der Waals surface area contributed by atoms with Gasteiger partial charge < -0.3 is 10.3 Å². The lowest BCUT2D eigenvalue weighted by molar-refractivity contribution is 0.102. The number of nitrogens with zero attached hydrogens (tertiary/aromatic N) is 3. The number of hydrogen-bond donors (Lipinski definition) is 2. The minimum absolute atomic E-state index is 0.118.